The van der Waals surface area contributed by atoms with Crippen LogP contribution < -0.4 is 4.74 Å². The Hall–Kier alpha value is -2.99. The first-order valence-corrected chi connectivity index (χ1v) is 5.73. The highest BCUT2D eigenvalue weighted by atomic mass is 19.4. The number of halogens is 3. The second-order valence-corrected chi connectivity index (χ2v) is 4.06. The highest BCUT2D eigenvalue weighted by Gasteiger charge is 2.30. The summed E-state index contributed by atoms with van der Waals surface area (Å²) in [5.74, 6) is 0.474. The average molecular weight is 288 g/mol. The molecule has 0 saturated carbocycles. The topological polar surface area (TPSA) is 56.8 Å². The first-order valence-electron chi connectivity index (χ1n) is 5.73. The summed E-state index contributed by atoms with van der Waals surface area (Å²) in [4.78, 5) is 0. The van der Waals surface area contributed by atoms with E-state index in [0.29, 0.717) is 0 Å². The predicted molar refractivity (Wildman–Crippen MR) is 67.4 cm³/mol. The highest BCUT2D eigenvalue weighted by molar-refractivity contribution is 5.50. The number of rotatable bonds is 2. The van der Waals surface area contributed by atoms with Crippen molar-refractivity contribution in [3.05, 3.63) is 59.2 Å². The lowest BCUT2D eigenvalue weighted by Gasteiger charge is -2.09. The molecule has 2 rings (SSSR count). The van der Waals surface area contributed by atoms with Gasteiger partial charge in [0, 0.05) is 0 Å². The number of ether oxygens (including phenoxy) is 1. The largest absolute Gasteiger partial charge is 0.457 e. The van der Waals surface area contributed by atoms with Gasteiger partial charge < -0.3 is 4.74 Å². The van der Waals surface area contributed by atoms with Gasteiger partial charge in [0.25, 0.3) is 0 Å². The molecule has 0 bridgehead atoms. The maximum absolute atomic E-state index is 12.4. The highest BCUT2D eigenvalue weighted by Crippen LogP contribution is 2.31. The normalized spacial score (nSPS) is 10.5. The van der Waals surface area contributed by atoms with E-state index in [9.17, 15) is 13.2 Å². The summed E-state index contributed by atoms with van der Waals surface area (Å²) in [6.07, 6.45) is -4.40. The summed E-state index contributed by atoms with van der Waals surface area (Å²) < 4.78 is 42.6. The summed E-state index contributed by atoms with van der Waals surface area (Å²) in [5, 5.41) is 17.7. The van der Waals surface area contributed by atoms with Gasteiger partial charge >= 0.3 is 6.18 Å². The molecule has 0 radical (unpaired) electrons. The Labute approximate surface area is 118 Å². The van der Waals surface area contributed by atoms with Crippen molar-refractivity contribution in [3.63, 3.8) is 0 Å². The quantitative estimate of drug-likeness (QED) is 0.830. The average Bonchev–Trinajstić information content (AvgIpc) is 2.46. The van der Waals surface area contributed by atoms with Crippen molar-refractivity contribution < 1.29 is 17.9 Å². The van der Waals surface area contributed by atoms with Crippen LogP contribution >= 0.6 is 0 Å². The molecule has 0 atom stereocenters. The van der Waals surface area contributed by atoms with Gasteiger partial charge in [0.2, 0.25) is 0 Å². The molecule has 0 aliphatic carbocycles. The fourth-order valence-corrected chi connectivity index (χ4v) is 1.62. The van der Waals surface area contributed by atoms with E-state index in [1.54, 1.807) is 0 Å². The van der Waals surface area contributed by atoms with Crippen LogP contribution in [0, 0.1) is 22.7 Å². The summed E-state index contributed by atoms with van der Waals surface area (Å²) in [6.45, 7) is 0. The lowest BCUT2D eigenvalue weighted by molar-refractivity contribution is -0.137. The van der Waals surface area contributed by atoms with Crippen molar-refractivity contribution in [2.45, 2.75) is 6.18 Å². The first-order chi connectivity index (χ1) is 9.94. The van der Waals surface area contributed by atoms with Crippen molar-refractivity contribution in [3.8, 4) is 23.6 Å². The third-order valence-electron chi connectivity index (χ3n) is 2.65. The summed E-state index contributed by atoms with van der Waals surface area (Å²) in [5.41, 5.74) is -0.424. The molecule has 0 heterocycles. The number of nitriles is 2. The van der Waals surface area contributed by atoms with Crippen LogP contribution in [0.25, 0.3) is 0 Å². The van der Waals surface area contributed by atoms with Crippen LogP contribution in [0.2, 0.25) is 0 Å². The maximum Gasteiger partial charge on any atom is 0.416 e. The zero-order valence-electron chi connectivity index (χ0n) is 10.5. The molecule has 0 aliphatic heterocycles. The Morgan fingerprint density at radius 2 is 1.38 bits per heavy atom. The summed E-state index contributed by atoms with van der Waals surface area (Å²) in [6, 6.07) is 12.1. The molecule has 2 aromatic carbocycles. The van der Waals surface area contributed by atoms with E-state index >= 15 is 0 Å². The number of alkyl halides is 3. The standard InChI is InChI=1S/C15H7F3N2O/c16-15(17,18)12-2-5-13(6-3-12)21-14-4-1-10(8-19)11(7-14)9-20/h1-7H. The second-order valence-electron chi connectivity index (χ2n) is 4.06. The minimum atomic E-state index is -4.40. The molecule has 0 spiro atoms. The van der Waals surface area contributed by atoms with E-state index in [-0.39, 0.29) is 22.6 Å². The number of hydrogen-bond acceptors (Lipinski definition) is 3. The van der Waals surface area contributed by atoms with E-state index < -0.39 is 11.7 Å². The third-order valence-corrected chi connectivity index (χ3v) is 2.65. The molecular weight excluding hydrogens is 281 g/mol. The minimum absolute atomic E-state index is 0.141. The van der Waals surface area contributed by atoms with Crippen LogP contribution in [0.15, 0.2) is 42.5 Å². The zero-order chi connectivity index (χ0) is 15.5. The van der Waals surface area contributed by atoms with Crippen LogP contribution in [-0.4, -0.2) is 0 Å². The molecule has 0 aromatic heterocycles. The Morgan fingerprint density at radius 1 is 0.810 bits per heavy atom. The van der Waals surface area contributed by atoms with Crippen molar-refractivity contribution in [1.82, 2.24) is 0 Å². The van der Waals surface area contributed by atoms with Crippen LogP contribution in [-0.2, 0) is 6.18 Å². The molecule has 2 aromatic rings. The summed E-state index contributed by atoms with van der Waals surface area (Å²) in [7, 11) is 0. The van der Waals surface area contributed by atoms with Crippen LogP contribution in [0.5, 0.6) is 11.5 Å². The first kappa shape index (κ1) is 14.4. The fraction of sp³-hybridized carbons (Fsp3) is 0.0667. The lowest BCUT2D eigenvalue weighted by Crippen LogP contribution is -2.04. The molecule has 0 fully saturated rings. The van der Waals surface area contributed by atoms with Crippen molar-refractivity contribution in [2.75, 3.05) is 0 Å². The number of hydrogen-bond donors (Lipinski definition) is 0. The van der Waals surface area contributed by atoms with Gasteiger partial charge in [-0.05, 0) is 42.5 Å². The summed E-state index contributed by atoms with van der Waals surface area (Å²) >= 11 is 0. The monoisotopic (exact) mass is 288 g/mol. The van der Waals surface area contributed by atoms with Crippen molar-refractivity contribution >= 4 is 0 Å². The van der Waals surface area contributed by atoms with E-state index in [1.807, 2.05) is 12.1 Å². The van der Waals surface area contributed by atoms with Gasteiger partial charge in [-0.3, -0.25) is 0 Å². The van der Waals surface area contributed by atoms with Gasteiger partial charge in [-0.15, -0.1) is 0 Å². The van der Waals surface area contributed by atoms with Gasteiger partial charge in [-0.2, -0.15) is 23.7 Å². The van der Waals surface area contributed by atoms with E-state index in [1.165, 1.54) is 30.3 Å². The maximum atomic E-state index is 12.4. The smallest absolute Gasteiger partial charge is 0.416 e. The molecule has 0 N–H and O–H groups in total. The second kappa shape index (κ2) is 5.56. The SMILES string of the molecule is N#Cc1ccc(Oc2ccc(C(F)(F)F)cc2)cc1C#N. The van der Waals surface area contributed by atoms with Crippen LogP contribution in [0.3, 0.4) is 0 Å². The van der Waals surface area contributed by atoms with Gasteiger partial charge in [-0.25, -0.2) is 0 Å². The fourth-order valence-electron chi connectivity index (χ4n) is 1.62. The van der Waals surface area contributed by atoms with Crippen molar-refractivity contribution in [1.29, 1.82) is 10.5 Å². The molecule has 0 unspecified atom stereocenters. The Bertz CT molecular complexity index is 737. The molecular formula is C15H7F3N2O. The zero-order valence-corrected chi connectivity index (χ0v) is 10.5. The van der Waals surface area contributed by atoms with Gasteiger partial charge in [-0.1, -0.05) is 0 Å². The molecule has 3 nitrogen and oxygen atoms in total. The lowest BCUT2D eigenvalue weighted by atomic mass is 10.1. The van der Waals surface area contributed by atoms with E-state index in [0.717, 1.165) is 12.1 Å². The van der Waals surface area contributed by atoms with Gasteiger partial charge in [0.15, 0.2) is 0 Å². The molecule has 0 saturated heterocycles. The van der Waals surface area contributed by atoms with E-state index in [4.69, 9.17) is 15.3 Å². The molecule has 0 amide bonds. The molecule has 21 heavy (non-hydrogen) atoms. The van der Waals surface area contributed by atoms with Crippen LogP contribution in [0.4, 0.5) is 13.2 Å². The van der Waals surface area contributed by atoms with E-state index in [2.05, 4.69) is 0 Å². The Balaban J connectivity index is 2.23. The van der Waals surface area contributed by atoms with Crippen molar-refractivity contribution in [2.24, 2.45) is 0 Å². The Kier molecular flexibility index (Phi) is 3.82. The van der Waals surface area contributed by atoms with Gasteiger partial charge in [0.05, 0.1) is 16.7 Å². The minimum Gasteiger partial charge on any atom is -0.457 e. The van der Waals surface area contributed by atoms with Gasteiger partial charge in [0.1, 0.15) is 23.6 Å². The third kappa shape index (κ3) is 3.31. The molecule has 104 valence electrons. The number of benzene rings is 2. The molecule has 6 heteroatoms. The molecule has 0 aliphatic rings. The van der Waals surface area contributed by atoms with Crippen LogP contribution in [0.1, 0.15) is 16.7 Å². The predicted octanol–water partition coefficient (Wildman–Crippen LogP) is 4.24. The number of nitrogens with zero attached hydrogens (tertiary/aromatic N) is 2. The Morgan fingerprint density at radius 3 is 1.90 bits per heavy atom.